The van der Waals surface area contributed by atoms with E-state index in [1.807, 2.05) is 0 Å². The van der Waals surface area contributed by atoms with Crippen LogP contribution in [-0.2, 0) is 6.42 Å². The van der Waals surface area contributed by atoms with Crippen molar-refractivity contribution in [3.05, 3.63) is 23.3 Å². The molecule has 1 aromatic rings. The van der Waals surface area contributed by atoms with Crippen LogP contribution in [0.1, 0.15) is 24.0 Å². The van der Waals surface area contributed by atoms with Crippen molar-refractivity contribution < 1.29 is 9.47 Å². The highest BCUT2D eigenvalue weighted by molar-refractivity contribution is 5.50. The molecule has 2 aliphatic heterocycles. The molecular weight excluding hydrogens is 214 g/mol. The van der Waals surface area contributed by atoms with Crippen molar-refractivity contribution in [2.45, 2.75) is 26.2 Å². The Bertz CT molecular complexity index is 411. The largest absolute Gasteiger partial charge is 0.454 e. The third-order valence-electron chi connectivity index (χ3n) is 3.60. The molecule has 0 amide bonds. The molecular formula is C14H19NO2. The zero-order valence-electron chi connectivity index (χ0n) is 10.3. The summed E-state index contributed by atoms with van der Waals surface area (Å²) in [6.45, 7) is 4.78. The fraction of sp³-hybridized carbons (Fsp3) is 0.571. The van der Waals surface area contributed by atoms with Gasteiger partial charge in [0.1, 0.15) is 0 Å². The average molecular weight is 233 g/mol. The van der Waals surface area contributed by atoms with Gasteiger partial charge in [0, 0.05) is 0 Å². The molecule has 17 heavy (non-hydrogen) atoms. The van der Waals surface area contributed by atoms with Crippen LogP contribution in [0.15, 0.2) is 12.1 Å². The van der Waals surface area contributed by atoms with Gasteiger partial charge in [0.15, 0.2) is 11.5 Å². The van der Waals surface area contributed by atoms with Crippen molar-refractivity contribution in [1.29, 1.82) is 0 Å². The summed E-state index contributed by atoms with van der Waals surface area (Å²) in [6, 6.07) is 4.30. The maximum Gasteiger partial charge on any atom is 0.231 e. The van der Waals surface area contributed by atoms with E-state index in [1.165, 1.54) is 30.5 Å². The van der Waals surface area contributed by atoms with Gasteiger partial charge in [0.25, 0.3) is 0 Å². The van der Waals surface area contributed by atoms with Crippen molar-refractivity contribution in [2.24, 2.45) is 5.92 Å². The maximum absolute atomic E-state index is 5.58. The highest BCUT2D eigenvalue weighted by atomic mass is 16.7. The molecule has 1 unspecified atom stereocenters. The monoisotopic (exact) mass is 233 g/mol. The zero-order valence-corrected chi connectivity index (χ0v) is 10.3. The Kier molecular flexibility index (Phi) is 2.93. The molecule has 1 atom stereocenters. The number of benzene rings is 1. The van der Waals surface area contributed by atoms with E-state index in [4.69, 9.17) is 9.47 Å². The zero-order chi connectivity index (χ0) is 11.7. The second kappa shape index (κ2) is 4.57. The van der Waals surface area contributed by atoms with Gasteiger partial charge in [-0.05, 0) is 62.4 Å². The molecule has 92 valence electrons. The molecule has 1 aromatic carbocycles. The second-order valence-corrected chi connectivity index (χ2v) is 5.07. The van der Waals surface area contributed by atoms with Gasteiger partial charge in [0.05, 0.1) is 0 Å². The smallest absolute Gasteiger partial charge is 0.231 e. The van der Waals surface area contributed by atoms with Crippen molar-refractivity contribution >= 4 is 0 Å². The van der Waals surface area contributed by atoms with E-state index in [9.17, 15) is 0 Å². The Morgan fingerprint density at radius 1 is 1.35 bits per heavy atom. The highest BCUT2D eigenvalue weighted by Crippen LogP contribution is 2.38. The van der Waals surface area contributed by atoms with Crippen LogP contribution in [0.25, 0.3) is 0 Å². The molecule has 2 aliphatic rings. The molecule has 0 spiro atoms. The summed E-state index contributed by atoms with van der Waals surface area (Å²) in [6.07, 6.45) is 3.70. The summed E-state index contributed by atoms with van der Waals surface area (Å²) < 4.78 is 11.1. The first-order chi connectivity index (χ1) is 8.33. The number of nitrogens with one attached hydrogen (secondary N) is 1. The Balaban J connectivity index is 1.82. The lowest BCUT2D eigenvalue weighted by atomic mass is 9.91. The lowest BCUT2D eigenvalue weighted by Crippen LogP contribution is -2.30. The van der Waals surface area contributed by atoms with E-state index in [1.54, 1.807) is 0 Å². The first kappa shape index (κ1) is 10.9. The van der Waals surface area contributed by atoms with Crippen LogP contribution in [0.4, 0.5) is 0 Å². The second-order valence-electron chi connectivity index (χ2n) is 5.07. The van der Waals surface area contributed by atoms with Crippen molar-refractivity contribution in [3.63, 3.8) is 0 Å². The fourth-order valence-corrected chi connectivity index (χ4v) is 2.80. The first-order valence-electron chi connectivity index (χ1n) is 6.43. The van der Waals surface area contributed by atoms with Crippen LogP contribution >= 0.6 is 0 Å². The summed E-state index contributed by atoms with van der Waals surface area (Å²) in [4.78, 5) is 0. The van der Waals surface area contributed by atoms with Gasteiger partial charge in [-0.25, -0.2) is 0 Å². The number of hydrogen-bond acceptors (Lipinski definition) is 3. The van der Waals surface area contributed by atoms with Gasteiger partial charge in [-0.1, -0.05) is 6.07 Å². The molecule has 1 saturated heterocycles. The van der Waals surface area contributed by atoms with Crippen molar-refractivity contribution in [1.82, 2.24) is 5.32 Å². The van der Waals surface area contributed by atoms with Gasteiger partial charge in [-0.15, -0.1) is 0 Å². The SMILES string of the molecule is Cc1cc(CC2CCCNC2)c2c(c1)OCO2. The number of fused-ring (bicyclic) bond motifs is 1. The summed E-state index contributed by atoms with van der Waals surface area (Å²) in [7, 11) is 0. The van der Waals surface area contributed by atoms with E-state index in [0.29, 0.717) is 6.79 Å². The normalized spacial score (nSPS) is 22.8. The summed E-state index contributed by atoms with van der Waals surface area (Å²) in [5.41, 5.74) is 2.57. The lowest BCUT2D eigenvalue weighted by molar-refractivity contribution is 0.173. The molecule has 3 nitrogen and oxygen atoms in total. The Morgan fingerprint density at radius 3 is 3.12 bits per heavy atom. The Hall–Kier alpha value is -1.22. The molecule has 3 heteroatoms. The van der Waals surface area contributed by atoms with Crippen LogP contribution in [0.5, 0.6) is 11.5 Å². The van der Waals surface area contributed by atoms with E-state index in [-0.39, 0.29) is 0 Å². The minimum Gasteiger partial charge on any atom is -0.454 e. The summed E-state index contributed by atoms with van der Waals surface area (Å²) >= 11 is 0. The summed E-state index contributed by atoms with van der Waals surface area (Å²) in [5.74, 6) is 2.63. The molecule has 0 aliphatic carbocycles. The summed E-state index contributed by atoms with van der Waals surface area (Å²) in [5, 5.41) is 3.47. The van der Waals surface area contributed by atoms with Crippen LogP contribution < -0.4 is 14.8 Å². The number of aryl methyl sites for hydroxylation is 1. The van der Waals surface area contributed by atoms with Gasteiger partial charge < -0.3 is 14.8 Å². The van der Waals surface area contributed by atoms with Gasteiger partial charge in [-0.2, -0.15) is 0 Å². The van der Waals surface area contributed by atoms with Crippen LogP contribution in [0.2, 0.25) is 0 Å². The quantitative estimate of drug-likeness (QED) is 0.850. The molecule has 0 radical (unpaired) electrons. The fourth-order valence-electron chi connectivity index (χ4n) is 2.80. The van der Waals surface area contributed by atoms with Gasteiger partial charge in [0.2, 0.25) is 6.79 Å². The van der Waals surface area contributed by atoms with E-state index >= 15 is 0 Å². The third-order valence-corrected chi connectivity index (χ3v) is 3.60. The van der Waals surface area contributed by atoms with Crippen molar-refractivity contribution in [2.75, 3.05) is 19.9 Å². The molecule has 0 aromatic heterocycles. The Morgan fingerprint density at radius 2 is 2.29 bits per heavy atom. The van der Waals surface area contributed by atoms with E-state index in [0.717, 1.165) is 30.4 Å². The third kappa shape index (κ3) is 2.25. The minimum atomic E-state index is 0.370. The number of ether oxygens (including phenoxy) is 2. The lowest BCUT2D eigenvalue weighted by Gasteiger charge is -2.23. The number of hydrogen-bond donors (Lipinski definition) is 1. The molecule has 3 rings (SSSR count). The van der Waals surface area contributed by atoms with E-state index < -0.39 is 0 Å². The Labute approximate surface area is 102 Å². The van der Waals surface area contributed by atoms with Crippen LogP contribution in [0.3, 0.4) is 0 Å². The highest BCUT2D eigenvalue weighted by Gasteiger charge is 2.21. The molecule has 0 bridgehead atoms. The molecule has 1 N–H and O–H groups in total. The predicted molar refractivity (Wildman–Crippen MR) is 66.6 cm³/mol. The van der Waals surface area contributed by atoms with Gasteiger partial charge in [-0.3, -0.25) is 0 Å². The topological polar surface area (TPSA) is 30.5 Å². The average Bonchev–Trinajstić information content (AvgIpc) is 2.78. The van der Waals surface area contributed by atoms with E-state index in [2.05, 4.69) is 24.4 Å². The first-order valence-corrected chi connectivity index (χ1v) is 6.43. The standard InChI is InChI=1S/C14H19NO2/c1-10-5-12(7-11-3-2-4-15-8-11)14-13(6-10)16-9-17-14/h5-6,11,15H,2-4,7-9H2,1H3. The maximum atomic E-state index is 5.58. The van der Waals surface area contributed by atoms with Crippen LogP contribution in [-0.4, -0.2) is 19.9 Å². The van der Waals surface area contributed by atoms with Crippen LogP contribution in [0, 0.1) is 12.8 Å². The molecule has 1 fully saturated rings. The molecule has 2 heterocycles. The number of piperidine rings is 1. The number of rotatable bonds is 2. The van der Waals surface area contributed by atoms with Gasteiger partial charge >= 0.3 is 0 Å². The van der Waals surface area contributed by atoms with Crippen molar-refractivity contribution in [3.8, 4) is 11.5 Å². The molecule has 0 saturated carbocycles. The minimum absolute atomic E-state index is 0.370. The predicted octanol–water partition coefficient (Wildman–Crippen LogP) is 2.27.